The third-order valence-corrected chi connectivity index (χ3v) is 8.68. The number of anilines is 3. The molecule has 6 aromatic rings. The Balaban J connectivity index is 1.24. The Morgan fingerprint density at radius 3 is 1.80 bits per heavy atom. The van der Waals surface area contributed by atoms with Gasteiger partial charge >= 0.3 is 0 Å². The number of carbonyl (C=O) groups is 2. The van der Waals surface area contributed by atoms with Crippen LogP contribution in [0.1, 0.15) is 52.6 Å². The zero-order valence-corrected chi connectivity index (χ0v) is 24.7. The largest absolute Gasteiger partial charge is 0.453 e. The van der Waals surface area contributed by atoms with Gasteiger partial charge in [0.2, 0.25) is 0 Å². The molecule has 0 aromatic heterocycles. The zero-order chi connectivity index (χ0) is 30.2. The molecule has 44 heavy (non-hydrogen) atoms. The highest BCUT2D eigenvalue weighted by molar-refractivity contribution is 6.42. The highest BCUT2D eigenvalue weighted by atomic mass is 16.5. The molecule has 1 aliphatic heterocycles. The van der Waals surface area contributed by atoms with Crippen LogP contribution in [0.5, 0.6) is 11.5 Å². The van der Waals surface area contributed by atoms with Crippen molar-refractivity contribution in [2.75, 3.05) is 4.90 Å². The van der Waals surface area contributed by atoms with Crippen LogP contribution in [0.15, 0.2) is 121 Å². The fourth-order valence-corrected chi connectivity index (χ4v) is 6.28. The molecule has 0 saturated carbocycles. The maximum atomic E-state index is 13.5. The van der Waals surface area contributed by atoms with Crippen molar-refractivity contribution in [3.05, 3.63) is 143 Å². The summed E-state index contributed by atoms with van der Waals surface area (Å²) in [6.45, 7) is 6.56. The van der Waals surface area contributed by atoms with Gasteiger partial charge in [-0.05, 0) is 92.7 Å². The molecule has 0 saturated heterocycles. The maximum absolute atomic E-state index is 13.5. The van der Waals surface area contributed by atoms with Gasteiger partial charge in [-0.1, -0.05) is 87.5 Å². The highest BCUT2D eigenvalue weighted by Gasteiger charge is 2.34. The molecule has 1 heterocycles. The molecule has 6 aromatic carbocycles. The molecule has 0 amide bonds. The summed E-state index contributed by atoms with van der Waals surface area (Å²) in [6, 6.07) is 38.5. The van der Waals surface area contributed by atoms with E-state index in [0.717, 1.165) is 44.5 Å². The van der Waals surface area contributed by atoms with Gasteiger partial charge in [-0.3, -0.25) is 9.59 Å². The van der Waals surface area contributed by atoms with Crippen LogP contribution < -0.4 is 9.64 Å². The topological polar surface area (TPSA) is 46.6 Å². The number of hydrogen-bond acceptors (Lipinski definition) is 4. The summed E-state index contributed by atoms with van der Waals surface area (Å²) < 4.78 is 6.58. The van der Waals surface area contributed by atoms with E-state index in [1.165, 1.54) is 10.9 Å². The first kappa shape index (κ1) is 26.2. The van der Waals surface area contributed by atoms with Crippen LogP contribution in [-0.2, 0) is 5.41 Å². The molecule has 0 N–H and O–H groups in total. The minimum atomic E-state index is -0.243. The molecule has 4 nitrogen and oxygen atoms in total. The fraction of sp³-hybridized carbons (Fsp3) is 0.100. The number of nitrogens with zero attached hydrogens (tertiary/aromatic N) is 1. The molecule has 1 aliphatic carbocycles. The van der Waals surface area contributed by atoms with Crippen molar-refractivity contribution >= 4 is 56.2 Å². The van der Waals surface area contributed by atoms with Crippen molar-refractivity contribution in [1.82, 2.24) is 0 Å². The Kier molecular flexibility index (Phi) is 5.66. The van der Waals surface area contributed by atoms with Gasteiger partial charge in [0.1, 0.15) is 0 Å². The van der Waals surface area contributed by atoms with Gasteiger partial charge in [0.25, 0.3) is 0 Å². The summed E-state index contributed by atoms with van der Waals surface area (Å²) in [7, 11) is 0. The van der Waals surface area contributed by atoms with Gasteiger partial charge < -0.3 is 9.64 Å². The molecule has 4 heteroatoms. The van der Waals surface area contributed by atoms with E-state index in [2.05, 4.69) is 80.3 Å². The lowest BCUT2D eigenvalue weighted by Gasteiger charge is -2.34. The third kappa shape index (κ3) is 4.14. The summed E-state index contributed by atoms with van der Waals surface area (Å²) in [5.74, 6) is 0.932. The van der Waals surface area contributed by atoms with Crippen molar-refractivity contribution in [2.24, 2.45) is 0 Å². The SMILES string of the molecule is CC(C)(C)c1ccc2c(c1)Oc1cc(C=C3C(=O)c4cc5ccccc5cc4C3=O)ccc1N2c1ccc2ccccc2c1. The predicted molar refractivity (Wildman–Crippen MR) is 178 cm³/mol. The van der Waals surface area contributed by atoms with E-state index in [4.69, 9.17) is 4.74 Å². The normalized spacial score (nSPS) is 14.0. The highest BCUT2D eigenvalue weighted by Crippen LogP contribution is 2.52. The van der Waals surface area contributed by atoms with Gasteiger partial charge in [-0.2, -0.15) is 0 Å². The second-order valence-corrected chi connectivity index (χ2v) is 12.6. The smallest absolute Gasteiger partial charge is 0.197 e. The summed E-state index contributed by atoms with van der Waals surface area (Å²) in [6.07, 6.45) is 1.69. The van der Waals surface area contributed by atoms with Crippen LogP contribution in [0.3, 0.4) is 0 Å². The second-order valence-electron chi connectivity index (χ2n) is 12.6. The fourth-order valence-electron chi connectivity index (χ4n) is 6.28. The molecule has 212 valence electrons. The van der Waals surface area contributed by atoms with E-state index >= 15 is 0 Å². The molecule has 0 fully saturated rings. The van der Waals surface area contributed by atoms with Crippen molar-refractivity contribution in [3.8, 4) is 11.5 Å². The van der Waals surface area contributed by atoms with Crippen LogP contribution in [0.25, 0.3) is 27.6 Å². The van der Waals surface area contributed by atoms with Gasteiger partial charge in [-0.15, -0.1) is 0 Å². The molecule has 0 spiro atoms. The Labute approximate surface area is 255 Å². The molecule has 8 rings (SSSR count). The third-order valence-electron chi connectivity index (χ3n) is 8.68. The number of Topliss-reactive ketones (excluding diaryl/α,β-unsaturated/α-hetero) is 2. The molecule has 0 bridgehead atoms. The molecular weight excluding hydrogens is 542 g/mol. The Morgan fingerprint density at radius 1 is 0.591 bits per heavy atom. The second kappa shape index (κ2) is 9.51. The summed E-state index contributed by atoms with van der Waals surface area (Å²) in [5, 5.41) is 4.21. The number of allylic oxidation sites excluding steroid dienone is 1. The first-order valence-corrected chi connectivity index (χ1v) is 14.8. The molecule has 2 aliphatic rings. The lowest BCUT2D eigenvalue weighted by Crippen LogP contribution is -2.18. The van der Waals surface area contributed by atoms with Crippen LogP contribution in [0.4, 0.5) is 17.1 Å². The minimum Gasteiger partial charge on any atom is -0.453 e. The number of benzene rings is 6. The quantitative estimate of drug-likeness (QED) is 0.153. The lowest BCUT2D eigenvalue weighted by molar-refractivity contribution is 0.0990. The average Bonchev–Trinajstić information content (AvgIpc) is 3.25. The Bertz CT molecular complexity index is 2180. The first-order chi connectivity index (χ1) is 21.2. The predicted octanol–water partition coefficient (Wildman–Crippen LogP) is 10.3. The maximum Gasteiger partial charge on any atom is 0.197 e. The van der Waals surface area contributed by atoms with E-state index < -0.39 is 0 Å². The van der Waals surface area contributed by atoms with Crippen LogP contribution in [0, 0.1) is 0 Å². The number of hydrogen-bond donors (Lipinski definition) is 0. The van der Waals surface area contributed by atoms with Crippen molar-refractivity contribution in [3.63, 3.8) is 0 Å². The standard InChI is InChI=1S/C40H29NO3/c1-40(2,3)29-14-17-35-37(23-29)44-36-19-24(12-16-34(36)41(35)30-15-13-25-8-4-5-9-26(25)20-30)18-33-38(42)31-21-27-10-6-7-11-28(27)22-32(31)39(33)43/h4-23H,1-3H3. The van der Waals surface area contributed by atoms with E-state index in [1.807, 2.05) is 60.7 Å². The van der Waals surface area contributed by atoms with Crippen LogP contribution >= 0.6 is 0 Å². The number of ketones is 2. The minimum absolute atomic E-state index is 0.0539. The number of carbonyl (C=O) groups excluding carboxylic acids is 2. The Morgan fingerprint density at radius 2 is 1.16 bits per heavy atom. The van der Waals surface area contributed by atoms with Crippen molar-refractivity contribution in [1.29, 1.82) is 0 Å². The van der Waals surface area contributed by atoms with E-state index in [9.17, 15) is 9.59 Å². The van der Waals surface area contributed by atoms with E-state index in [0.29, 0.717) is 16.9 Å². The van der Waals surface area contributed by atoms with Crippen molar-refractivity contribution < 1.29 is 14.3 Å². The average molecular weight is 572 g/mol. The van der Waals surface area contributed by atoms with Crippen LogP contribution in [0.2, 0.25) is 0 Å². The van der Waals surface area contributed by atoms with Crippen LogP contribution in [-0.4, -0.2) is 11.6 Å². The van der Waals surface area contributed by atoms with E-state index in [1.54, 1.807) is 6.08 Å². The number of ether oxygens (including phenoxy) is 1. The number of rotatable bonds is 2. The summed E-state index contributed by atoms with van der Waals surface area (Å²) in [4.78, 5) is 29.1. The van der Waals surface area contributed by atoms with Gasteiger partial charge in [0, 0.05) is 16.8 Å². The number of fused-ring (bicyclic) bond motifs is 5. The van der Waals surface area contributed by atoms with E-state index in [-0.39, 0.29) is 22.6 Å². The van der Waals surface area contributed by atoms with Gasteiger partial charge in [-0.25, -0.2) is 0 Å². The molecule has 0 unspecified atom stereocenters. The summed E-state index contributed by atoms with van der Waals surface area (Å²) in [5.41, 5.74) is 5.80. The Hall–Kier alpha value is -5.48. The molecule has 0 atom stereocenters. The lowest BCUT2D eigenvalue weighted by atomic mass is 9.86. The molecule has 0 radical (unpaired) electrons. The van der Waals surface area contributed by atoms with Gasteiger partial charge in [0.15, 0.2) is 23.1 Å². The van der Waals surface area contributed by atoms with Gasteiger partial charge in [0.05, 0.1) is 16.9 Å². The summed E-state index contributed by atoms with van der Waals surface area (Å²) >= 11 is 0. The molecular formula is C40H29NO3. The van der Waals surface area contributed by atoms with Crippen molar-refractivity contribution in [2.45, 2.75) is 26.2 Å². The first-order valence-electron chi connectivity index (χ1n) is 14.8. The zero-order valence-electron chi connectivity index (χ0n) is 24.7. The monoisotopic (exact) mass is 571 g/mol.